The topological polar surface area (TPSA) is 80.0 Å². The highest BCUT2D eigenvalue weighted by Crippen LogP contribution is 2.43. The molecule has 1 aliphatic rings. The molecule has 0 bridgehead atoms. The summed E-state index contributed by atoms with van der Waals surface area (Å²) in [6.07, 6.45) is 0. The molecule has 1 unspecified atom stereocenters. The van der Waals surface area contributed by atoms with E-state index in [9.17, 15) is 19.1 Å². The third kappa shape index (κ3) is 3.98. The number of rotatable bonds is 4. The van der Waals surface area contributed by atoms with Gasteiger partial charge in [-0.15, -0.1) is 0 Å². The number of amides is 1. The minimum absolute atomic E-state index is 0.131. The Bertz CT molecular complexity index is 1310. The van der Waals surface area contributed by atoms with Crippen LogP contribution in [-0.2, 0) is 15.0 Å². The molecule has 1 aliphatic heterocycles. The molecule has 1 amide bonds. The number of Topliss-reactive ketones (excluding diaryl/α,β-unsaturated/α-hetero) is 1. The predicted octanol–water partition coefficient (Wildman–Crippen LogP) is 5.66. The highest BCUT2D eigenvalue weighted by atomic mass is 19.1. The fourth-order valence-electron chi connectivity index (χ4n) is 4.19. The lowest BCUT2D eigenvalue weighted by atomic mass is 9.84. The molecule has 0 saturated carbocycles. The molecule has 3 aromatic rings. The third-order valence-electron chi connectivity index (χ3n) is 5.84. The van der Waals surface area contributed by atoms with Crippen LogP contribution in [0, 0.1) is 12.7 Å². The number of benzene rings is 2. The van der Waals surface area contributed by atoms with Crippen molar-refractivity contribution in [3.8, 4) is 5.75 Å². The zero-order valence-electron chi connectivity index (χ0n) is 19.7. The van der Waals surface area contributed by atoms with Gasteiger partial charge >= 0.3 is 0 Å². The summed E-state index contributed by atoms with van der Waals surface area (Å²) in [5.74, 6) is -1.17. The van der Waals surface area contributed by atoms with Crippen LogP contribution < -0.4 is 9.64 Å². The molecule has 2 heterocycles. The molecule has 34 heavy (non-hydrogen) atoms. The summed E-state index contributed by atoms with van der Waals surface area (Å²) in [5, 5.41) is 11.3. The van der Waals surface area contributed by atoms with Crippen LogP contribution >= 0.6 is 0 Å². The fraction of sp³-hybridized carbons (Fsp3) is 0.259. The van der Waals surface area contributed by atoms with E-state index in [1.54, 1.807) is 44.4 Å². The summed E-state index contributed by atoms with van der Waals surface area (Å²) >= 11 is 0. The molecular formula is C27H26FNO5. The first-order valence-corrected chi connectivity index (χ1v) is 10.8. The number of aryl methyl sites for hydroxylation is 1. The average molecular weight is 464 g/mol. The van der Waals surface area contributed by atoms with E-state index in [0.717, 1.165) is 10.5 Å². The Labute approximate surface area is 197 Å². The van der Waals surface area contributed by atoms with Crippen LogP contribution in [0.3, 0.4) is 0 Å². The number of aliphatic hydroxyl groups is 1. The number of methoxy groups -OCH3 is 1. The summed E-state index contributed by atoms with van der Waals surface area (Å²) in [6.45, 7) is 7.74. The first-order chi connectivity index (χ1) is 16.0. The number of halogens is 1. The van der Waals surface area contributed by atoms with Gasteiger partial charge in [-0.3, -0.25) is 14.5 Å². The van der Waals surface area contributed by atoms with Crippen molar-refractivity contribution in [2.45, 2.75) is 39.2 Å². The van der Waals surface area contributed by atoms with Gasteiger partial charge in [-0.1, -0.05) is 26.8 Å². The van der Waals surface area contributed by atoms with E-state index in [-0.39, 0.29) is 28.2 Å². The molecule has 6 nitrogen and oxygen atoms in total. The SMILES string of the molecule is COc1ccc(/C(O)=C2/C(=O)C(=O)N(c3cccc(F)c3)C2c2ccc(C)o2)cc1C(C)(C)C. The van der Waals surface area contributed by atoms with Gasteiger partial charge in [-0.05, 0) is 60.9 Å². The van der Waals surface area contributed by atoms with Crippen molar-refractivity contribution in [3.63, 3.8) is 0 Å². The van der Waals surface area contributed by atoms with E-state index < -0.39 is 23.5 Å². The van der Waals surface area contributed by atoms with Crippen LogP contribution in [0.1, 0.15) is 49.5 Å². The van der Waals surface area contributed by atoms with E-state index in [4.69, 9.17) is 9.15 Å². The molecule has 4 rings (SSSR count). The number of aliphatic hydroxyl groups excluding tert-OH is 1. The maximum atomic E-state index is 14.0. The summed E-state index contributed by atoms with van der Waals surface area (Å²) in [5.41, 5.74) is 0.923. The first-order valence-electron chi connectivity index (χ1n) is 10.8. The van der Waals surface area contributed by atoms with Gasteiger partial charge in [0.15, 0.2) is 0 Å². The smallest absolute Gasteiger partial charge is 0.300 e. The third-order valence-corrected chi connectivity index (χ3v) is 5.84. The second-order valence-electron chi connectivity index (χ2n) is 9.26. The minimum Gasteiger partial charge on any atom is -0.507 e. The first kappa shape index (κ1) is 23.3. The lowest BCUT2D eigenvalue weighted by molar-refractivity contribution is -0.132. The summed E-state index contributed by atoms with van der Waals surface area (Å²) in [4.78, 5) is 27.5. The van der Waals surface area contributed by atoms with Crippen molar-refractivity contribution >= 4 is 23.1 Å². The van der Waals surface area contributed by atoms with Crippen molar-refractivity contribution in [2.75, 3.05) is 12.0 Å². The second kappa shape index (κ2) is 8.48. The monoisotopic (exact) mass is 463 g/mol. The molecule has 0 aliphatic carbocycles. The molecule has 7 heteroatoms. The quantitative estimate of drug-likeness (QED) is 0.307. The number of ether oxygens (including phenoxy) is 1. The molecule has 1 fully saturated rings. The number of hydrogen-bond acceptors (Lipinski definition) is 5. The van der Waals surface area contributed by atoms with Crippen LogP contribution in [-0.4, -0.2) is 23.9 Å². The summed E-state index contributed by atoms with van der Waals surface area (Å²) in [6, 6.07) is 12.8. The number of furan rings is 1. The molecule has 0 radical (unpaired) electrons. The Morgan fingerprint density at radius 1 is 1.09 bits per heavy atom. The molecule has 2 aromatic carbocycles. The van der Waals surface area contributed by atoms with Gasteiger partial charge in [0.2, 0.25) is 0 Å². The van der Waals surface area contributed by atoms with Crippen molar-refractivity contribution in [1.82, 2.24) is 0 Å². The Morgan fingerprint density at radius 3 is 2.41 bits per heavy atom. The summed E-state index contributed by atoms with van der Waals surface area (Å²) < 4.78 is 25.3. The highest BCUT2D eigenvalue weighted by molar-refractivity contribution is 6.51. The molecule has 1 N–H and O–H groups in total. The predicted molar refractivity (Wildman–Crippen MR) is 126 cm³/mol. The van der Waals surface area contributed by atoms with Crippen LogP contribution in [0.25, 0.3) is 5.76 Å². The Morgan fingerprint density at radius 2 is 1.82 bits per heavy atom. The van der Waals surface area contributed by atoms with Crippen LogP contribution in [0.15, 0.2) is 64.6 Å². The lowest BCUT2D eigenvalue weighted by Crippen LogP contribution is -2.29. The zero-order chi connectivity index (χ0) is 24.8. The number of hydrogen-bond donors (Lipinski definition) is 1. The van der Waals surface area contributed by atoms with Gasteiger partial charge in [0.05, 0.1) is 12.7 Å². The van der Waals surface area contributed by atoms with Crippen LogP contribution in [0.4, 0.5) is 10.1 Å². The van der Waals surface area contributed by atoms with Crippen LogP contribution in [0.2, 0.25) is 0 Å². The van der Waals surface area contributed by atoms with E-state index in [1.807, 2.05) is 20.8 Å². The van der Waals surface area contributed by atoms with E-state index in [2.05, 4.69) is 0 Å². The maximum absolute atomic E-state index is 14.0. The fourth-order valence-corrected chi connectivity index (χ4v) is 4.19. The van der Waals surface area contributed by atoms with Crippen molar-refractivity contribution in [3.05, 3.63) is 88.6 Å². The Hall–Kier alpha value is -3.87. The lowest BCUT2D eigenvalue weighted by Gasteiger charge is -2.24. The van der Waals surface area contributed by atoms with E-state index in [0.29, 0.717) is 17.1 Å². The molecule has 1 saturated heterocycles. The van der Waals surface area contributed by atoms with Gasteiger partial charge in [0.25, 0.3) is 11.7 Å². The van der Waals surface area contributed by atoms with Gasteiger partial charge in [-0.2, -0.15) is 0 Å². The second-order valence-corrected chi connectivity index (χ2v) is 9.26. The largest absolute Gasteiger partial charge is 0.507 e. The number of anilines is 1. The Kier molecular flexibility index (Phi) is 5.81. The molecule has 176 valence electrons. The normalized spacial score (nSPS) is 17.9. The number of carbonyl (C=O) groups is 2. The standard InChI is InChI=1S/C27H26FNO5/c1-15-9-11-21(34-15)23-22(25(31)26(32)29(23)18-8-6-7-17(28)14-18)24(30)16-10-12-20(33-5)19(13-16)27(2,3)4/h6-14,23,30H,1-5H3/b24-22-. The van der Waals surface area contributed by atoms with Gasteiger partial charge in [0, 0.05) is 16.8 Å². The van der Waals surface area contributed by atoms with Crippen LogP contribution in [0.5, 0.6) is 5.75 Å². The number of ketones is 1. The van der Waals surface area contributed by atoms with E-state index in [1.165, 1.54) is 24.3 Å². The van der Waals surface area contributed by atoms with Crippen molar-refractivity contribution in [1.29, 1.82) is 0 Å². The van der Waals surface area contributed by atoms with Gasteiger partial charge < -0.3 is 14.3 Å². The average Bonchev–Trinajstić information content (AvgIpc) is 3.33. The zero-order valence-corrected chi connectivity index (χ0v) is 19.7. The molecule has 1 atom stereocenters. The van der Waals surface area contributed by atoms with Crippen molar-refractivity contribution in [2.24, 2.45) is 0 Å². The Balaban J connectivity index is 1.95. The minimum atomic E-state index is -1.06. The van der Waals surface area contributed by atoms with Gasteiger partial charge in [0.1, 0.15) is 34.9 Å². The highest BCUT2D eigenvalue weighted by Gasteiger charge is 2.48. The maximum Gasteiger partial charge on any atom is 0.300 e. The van der Waals surface area contributed by atoms with Gasteiger partial charge in [-0.25, -0.2) is 4.39 Å². The van der Waals surface area contributed by atoms with Crippen molar-refractivity contribution < 1.29 is 28.2 Å². The van der Waals surface area contributed by atoms with E-state index >= 15 is 0 Å². The molecular weight excluding hydrogens is 437 g/mol. The number of carbonyl (C=O) groups excluding carboxylic acids is 2. The number of nitrogens with zero attached hydrogens (tertiary/aromatic N) is 1. The molecule has 0 spiro atoms. The molecule has 1 aromatic heterocycles. The summed E-state index contributed by atoms with van der Waals surface area (Å²) in [7, 11) is 1.56.